The van der Waals surface area contributed by atoms with Crippen molar-refractivity contribution in [2.45, 2.75) is 26.8 Å². The van der Waals surface area contributed by atoms with Crippen LogP contribution < -0.4 is 29.1 Å². The number of fused-ring (bicyclic) bond motifs is 1. The monoisotopic (exact) mass is 524 g/mol. The minimum atomic E-state index is -0.781. The van der Waals surface area contributed by atoms with E-state index in [0.717, 1.165) is 0 Å². The second-order valence-corrected chi connectivity index (χ2v) is 9.09. The average Bonchev–Trinajstić information content (AvgIpc) is 3.18. The molecule has 0 spiro atoms. The van der Waals surface area contributed by atoms with Crippen molar-refractivity contribution in [3.05, 3.63) is 78.5 Å². The Morgan fingerprint density at radius 2 is 1.84 bits per heavy atom. The summed E-state index contributed by atoms with van der Waals surface area (Å²) >= 11 is 1.21. The van der Waals surface area contributed by atoms with Gasteiger partial charge in [-0.1, -0.05) is 23.5 Å². The van der Waals surface area contributed by atoms with Crippen LogP contribution in [0.1, 0.15) is 37.9 Å². The summed E-state index contributed by atoms with van der Waals surface area (Å²) in [6.45, 7) is 5.92. The number of rotatable bonds is 8. The topological polar surface area (TPSA) is 109 Å². The Balaban J connectivity index is 1.95. The molecular formula is C27H28N2O7S. The van der Waals surface area contributed by atoms with Gasteiger partial charge in [0, 0.05) is 0 Å². The van der Waals surface area contributed by atoms with E-state index in [1.807, 2.05) is 6.92 Å². The van der Waals surface area contributed by atoms with E-state index < -0.39 is 12.0 Å². The Hall–Kier alpha value is -4.05. The van der Waals surface area contributed by atoms with E-state index in [1.54, 1.807) is 57.4 Å². The molecule has 0 saturated carbocycles. The smallest absolute Gasteiger partial charge is 0.338 e. The summed E-state index contributed by atoms with van der Waals surface area (Å²) in [6, 6.07) is 9.35. The van der Waals surface area contributed by atoms with Crippen LogP contribution in [0.25, 0.3) is 6.08 Å². The van der Waals surface area contributed by atoms with Crippen molar-refractivity contribution in [2.24, 2.45) is 4.99 Å². The van der Waals surface area contributed by atoms with E-state index in [9.17, 15) is 14.7 Å². The summed E-state index contributed by atoms with van der Waals surface area (Å²) in [6.07, 6.45) is 1.70. The molecule has 9 nitrogen and oxygen atoms in total. The van der Waals surface area contributed by atoms with E-state index in [4.69, 9.17) is 18.9 Å². The summed E-state index contributed by atoms with van der Waals surface area (Å²) in [7, 11) is 3.00. The minimum Gasteiger partial charge on any atom is -0.504 e. The lowest BCUT2D eigenvalue weighted by Gasteiger charge is -2.25. The van der Waals surface area contributed by atoms with E-state index in [0.29, 0.717) is 50.0 Å². The Labute approximate surface area is 217 Å². The van der Waals surface area contributed by atoms with Gasteiger partial charge in [0.2, 0.25) is 0 Å². The molecule has 0 amide bonds. The maximum atomic E-state index is 13.8. The van der Waals surface area contributed by atoms with Gasteiger partial charge < -0.3 is 24.1 Å². The van der Waals surface area contributed by atoms with Gasteiger partial charge >= 0.3 is 5.97 Å². The fourth-order valence-electron chi connectivity index (χ4n) is 4.17. The summed E-state index contributed by atoms with van der Waals surface area (Å²) in [5, 5.41) is 9.92. The van der Waals surface area contributed by atoms with Crippen molar-refractivity contribution < 1.29 is 28.8 Å². The third-order valence-corrected chi connectivity index (χ3v) is 6.80. The van der Waals surface area contributed by atoms with Crippen LogP contribution in [0.4, 0.5) is 0 Å². The lowest BCUT2D eigenvalue weighted by atomic mass is 9.95. The van der Waals surface area contributed by atoms with Crippen LogP contribution in [-0.4, -0.2) is 43.1 Å². The number of hydrogen-bond acceptors (Lipinski definition) is 9. The predicted octanol–water partition coefficient (Wildman–Crippen LogP) is 2.92. The van der Waals surface area contributed by atoms with Crippen molar-refractivity contribution in [2.75, 3.05) is 27.4 Å². The Kier molecular flexibility index (Phi) is 7.68. The summed E-state index contributed by atoms with van der Waals surface area (Å²) in [4.78, 5) is 31.9. The van der Waals surface area contributed by atoms with Gasteiger partial charge in [-0.25, -0.2) is 9.79 Å². The lowest BCUT2D eigenvalue weighted by molar-refractivity contribution is -0.139. The number of carbonyl (C=O) groups is 1. The molecule has 37 heavy (non-hydrogen) atoms. The fraction of sp³-hybridized carbons (Fsp3) is 0.296. The van der Waals surface area contributed by atoms with Crippen molar-refractivity contribution in [3.63, 3.8) is 0 Å². The van der Waals surface area contributed by atoms with Crippen LogP contribution in [-0.2, 0) is 9.53 Å². The van der Waals surface area contributed by atoms with E-state index in [2.05, 4.69) is 4.99 Å². The molecule has 0 aliphatic carbocycles. The molecule has 0 unspecified atom stereocenters. The number of carbonyl (C=O) groups excluding carboxylic acids is 1. The third kappa shape index (κ3) is 4.97. The molecule has 0 saturated heterocycles. The van der Waals surface area contributed by atoms with Crippen molar-refractivity contribution in [3.8, 4) is 23.0 Å². The first-order valence-electron chi connectivity index (χ1n) is 11.7. The number of thiazole rings is 1. The number of hydrogen-bond donors (Lipinski definition) is 1. The van der Waals surface area contributed by atoms with Crippen molar-refractivity contribution in [1.82, 2.24) is 4.57 Å². The zero-order valence-corrected chi connectivity index (χ0v) is 22.0. The molecule has 1 aliphatic rings. The zero-order valence-electron chi connectivity index (χ0n) is 21.2. The number of methoxy groups -OCH3 is 2. The Morgan fingerprint density at radius 1 is 1.08 bits per heavy atom. The van der Waals surface area contributed by atoms with Crippen LogP contribution in [0.3, 0.4) is 0 Å². The first-order valence-corrected chi connectivity index (χ1v) is 12.5. The number of esters is 1. The maximum absolute atomic E-state index is 13.8. The number of nitrogens with zero attached hydrogens (tertiary/aromatic N) is 2. The Bertz CT molecular complexity index is 1550. The highest BCUT2D eigenvalue weighted by Crippen LogP contribution is 2.36. The second kappa shape index (κ2) is 10.9. The molecule has 2 heterocycles. The molecule has 0 bridgehead atoms. The number of benzene rings is 2. The molecule has 3 aromatic rings. The first kappa shape index (κ1) is 26.0. The highest BCUT2D eigenvalue weighted by Gasteiger charge is 2.34. The van der Waals surface area contributed by atoms with Gasteiger partial charge in [-0.05, 0) is 62.2 Å². The SMILES string of the molecule is CCOC(=O)C1=C(C)N=c2sc(=Cc3ccc(O)c(OC)c3)c(=O)n2[C@H]1c1ccc(OC)c(OCC)c1. The summed E-state index contributed by atoms with van der Waals surface area (Å²) in [5.41, 5.74) is 1.75. The fourth-order valence-corrected chi connectivity index (χ4v) is 5.22. The lowest BCUT2D eigenvalue weighted by Crippen LogP contribution is -2.40. The largest absolute Gasteiger partial charge is 0.504 e. The van der Waals surface area contributed by atoms with Gasteiger partial charge in [-0.2, -0.15) is 0 Å². The summed E-state index contributed by atoms with van der Waals surface area (Å²) in [5.74, 6) is 0.790. The number of phenols is 1. The zero-order chi connectivity index (χ0) is 26.7. The average molecular weight is 525 g/mol. The normalized spacial score (nSPS) is 15.2. The molecule has 1 aliphatic heterocycles. The highest BCUT2D eigenvalue weighted by atomic mass is 32.1. The van der Waals surface area contributed by atoms with Gasteiger partial charge in [0.1, 0.15) is 0 Å². The van der Waals surface area contributed by atoms with Crippen LogP contribution in [0.2, 0.25) is 0 Å². The predicted molar refractivity (Wildman–Crippen MR) is 139 cm³/mol. The van der Waals surface area contributed by atoms with Crippen molar-refractivity contribution in [1.29, 1.82) is 0 Å². The molecule has 2 aromatic carbocycles. The van der Waals surface area contributed by atoms with E-state index in [-0.39, 0.29) is 23.5 Å². The highest BCUT2D eigenvalue weighted by molar-refractivity contribution is 7.07. The number of allylic oxidation sites excluding steroid dienone is 1. The van der Waals surface area contributed by atoms with Crippen LogP contribution in [0, 0.1) is 0 Å². The van der Waals surface area contributed by atoms with Gasteiger partial charge in [-0.15, -0.1) is 0 Å². The van der Waals surface area contributed by atoms with E-state index >= 15 is 0 Å². The standard InChI is InChI=1S/C27H28N2O7S/c1-6-35-21-14-17(9-11-19(21)33-4)24-23(26(32)36-7-2)15(3)28-27-29(24)25(31)22(37-27)13-16-8-10-18(30)20(12-16)34-5/h8-14,24,30H,6-7H2,1-5H3/t24-/m0/s1. The number of aromatic nitrogens is 1. The van der Waals surface area contributed by atoms with Gasteiger partial charge in [-0.3, -0.25) is 9.36 Å². The molecule has 194 valence electrons. The van der Waals surface area contributed by atoms with Crippen LogP contribution in [0.15, 0.2) is 57.5 Å². The van der Waals surface area contributed by atoms with Crippen LogP contribution in [0.5, 0.6) is 23.0 Å². The number of ether oxygens (including phenoxy) is 4. The Morgan fingerprint density at radius 3 is 2.51 bits per heavy atom. The van der Waals surface area contributed by atoms with Gasteiger partial charge in [0.05, 0.1) is 49.3 Å². The number of phenolic OH excluding ortho intramolecular Hbond substituents is 1. The number of aromatic hydroxyl groups is 1. The summed E-state index contributed by atoms with van der Waals surface area (Å²) < 4.78 is 23.6. The van der Waals surface area contributed by atoms with Crippen molar-refractivity contribution >= 4 is 23.4 Å². The minimum absolute atomic E-state index is 0.000390. The molecule has 10 heteroatoms. The quantitative estimate of drug-likeness (QED) is 0.452. The van der Waals surface area contributed by atoms with Gasteiger partial charge in [0.15, 0.2) is 27.8 Å². The third-order valence-electron chi connectivity index (χ3n) is 5.82. The van der Waals surface area contributed by atoms with E-state index in [1.165, 1.54) is 29.1 Å². The molecule has 0 radical (unpaired) electrons. The molecular weight excluding hydrogens is 496 g/mol. The molecule has 4 rings (SSSR count). The first-order chi connectivity index (χ1) is 17.8. The molecule has 1 N–H and O–H groups in total. The second-order valence-electron chi connectivity index (χ2n) is 8.08. The molecule has 0 fully saturated rings. The molecule has 1 aromatic heterocycles. The molecule has 1 atom stereocenters. The van der Waals surface area contributed by atoms with Crippen LogP contribution >= 0.6 is 11.3 Å². The van der Waals surface area contributed by atoms with Gasteiger partial charge in [0.25, 0.3) is 5.56 Å². The maximum Gasteiger partial charge on any atom is 0.338 e.